The number of hydrogen-bond acceptors (Lipinski definition) is 12. The Morgan fingerprint density at radius 3 is 2.40 bits per heavy atom. The average molecular weight is 834 g/mol. The number of oxime groups is 1. The summed E-state index contributed by atoms with van der Waals surface area (Å²) in [6, 6.07) is 9.57. The van der Waals surface area contributed by atoms with Crippen molar-refractivity contribution in [2.24, 2.45) is 22.9 Å². The van der Waals surface area contributed by atoms with E-state index in [4.69, 9.17) is 38.4 Å². The number of aliphatic hydroxyl groups excluding tert-OH is 2. The van der Waals surface area contributed by atoms with E-state index in [1.165, 1.54) is 12.0 Å². The standard InChI is InChI=1S/C46H63N3O11/c1-9-11-25-56-44(53)49(6)40-29-37(48-60-45(3,4)5)34-26-30(16-12-14-22-50)33(17-13-15-23-51)41-35-27-32(19-21-38(35)59-46(40,42(34)41)57-24-10-2)58-43(52)47-36-20-18-31(54-7)28-39(36)55-8/h9-10,18-21,26-28,30,33,40-42,50-51H,1-2,11-17,22-25,29H2,3-8H3,(H,47,52)/t30-,33+,40-,41+,42+,46+/m0/s1. The van der Waals surface area contributed by atoms with Crippen LogP contribution < -0.4 is 24.3 Å². The van der Waals surface area contributed by atoms with E-state index >= 15 is 0 Å². The number of amides is 2. The minimum Gasteiger partial charge on any atom is -0.497 e. The van der Waals surface area contributed by atoms with E-state index in [9.17, 15) is 19.8 Å². The van der Waals surface area contributed by atoms with Gasteiger partial charge in [0.1, 0.15) is 34.6 Å². The quantitative estimate of drug-likeness (QED) is 0.0666. The molecular weight excluding hydrogens is 771 g/mol. The molecule has 60 heavy (non-hydrogen) atoms. The molecule has 6 atom stereocenters. The number of ether oxygens (including phenoxy) is 6. The number of hydrogen-bond donors (Lipinski definition) is 3. The van der Waals surface area contributed by atoms with Crippen LogP contribution in [0.15, 0.2) is 78.5 Å². The maximum atomic E-state index is 13.9. The molecule has 1 saturated carbocycles. The number of methoxy groups -OCH3 is 2. The van der Waals surface area contributed by atoms with Crippen LogP contribution in [0.5, 0.6) is 23.0 Å². The van der Waals surface area contributed by atoms with E-state index in [0.29, 0.717) is 47.9 Å². The van der Waals surface area contributed by atoms with E-state index in [0.717, 1.165) is 36.8 Å². The molecule has 0 unspecified atom stereocenters. The molecule has 2 amide bonds. The number of fused-ring (bicyclic) bond motifs is 2. The maximum absolute atomic E-state index is 13.9. The third kappa shape index (κ3) is 10.6. The minimum atomic E-state index is -1.46. The summed E-state index contributed by atoms with van der Waals surface area (Å²) < 4.78 is 36.5. The Labute approximate surface area is 354 Å². The van der Waals surface area contributed by atoms with E-state index in [1.54, 1.807) is 56.6 Å². The van der Waals surface area contributed by atoms with Gasteiger partial charge in [0.25, 0.3) is 0 Å². The number of allylic oxidation sites excluding steroid dienone is 1. The molecule has 14 heteroatoms. The molecule has 328 valence electrons. The lowest BCUT2D eigenvalue weighted by atomic mass is 9.55. The number of nitrogens with zero attached hydrogens (tertiary/aromatic N) is 2. The van der Waals surface area contributed by atoms with E-state index < -0.39 is 35.5 Å². The first kappa shape index (κ1) is 46.0. The topological polar surface area (TPSA) is 167 Å². The number of benzene rings is 2. The Morgan fingerprint density at radius 1 is 1.00 bits per heavy atom. The minimum absolute atomic E-state index is 0.0166. The molecule has 0 bridgehead atoms. The molecule has 3 N–H and O–H groups in total. The van der Waals surface area contributed by atoms with Crippen molar-refractivity contribution in [3.05, 3.63) is 78.9 Å². The third-order valence-electron chi connectivity index (χ3n) is 11.2. The van der Waals surface area contributed by atoms with Crippen molar-refractivity contribution in [3.8, 4) is 23.0 Å². The van der Waals surface area contributed by atoms with Crippen molar-refractivity contribution in [2.75, 3.05) is 53.0 Å². The molecule has 14 nitrogen and oxygen atoms in total. The summed E-state index contributed by atoms with van der Waals surface area (Å²) in [5, 5.41) is 27.3. The highest BCUT2D eigenvalue weighted by Gasteiger charge is 2.65. The fraction of sp³-hybridized carbons (Fsp3) is 0.543. The monoisotopic (exact) mass is 833 g/mol. The lowest BCUT2D eigenvalue weighted by Crippen LogP contribution is -2.69. The maximum Gasteiger partial charge on any atom is 0.417 e. The van der Waals surface area contributed by atoms with Gasteiger partial charge in [-0.3, -0.25) is 5.32 Å². The Balaban J connectivity index is 1.69. The molecular formula is C46H63N3O11. The lowest BCUT2D eigenvalue weighted by Gasteiger charge is -2.59. The molecule has 3 aliphatic rings. The van der Waals surface area contributed by atoms with Crippen molar-refractivity contribution in [1.82, 2.24) is 4.90 Å². The number of rotatable bonds is 20. The molecule has 0 spiro atoms. The Morgan fingerprint density at radius 2 is 1.73 bits per heavy atom. The Kier molecular flexibility index (Phi) is 16.1. The molecule has 1 fully saturated rings. The lowest BCUT2D eigenvalue weighted by molar-refractivity contribution is -0.253. The predicted molar refractivity (Wildman–Crippen MR) is 229 cm³/mol. The first-order chi connectivity index (χ1) is 28.8. The number of aliphatic hydroxyl groups is 2. The molecule has 0 aromatic heterocycles. The van der Waals surface area contributed by atoms with Gasteiger partial charge in [-0.15, -0.1) is 13.2 Å². The van der Waals surface area contributed by atoms with Crippen molar-refractivity contribution in [3.63, 3.8) is 0 Å². The fourth-order valence-electron chi connectivity index (χ4n) is 8.59. The van der Waals surface area contributed by atoms with Crippen molar-refractivity contribution < 1.29 is 53.1 Å². The molecule has 1 heterocycles. The van der Waals surface area contributed by atoms with Gasteiger partial charge in [0, 0.05) is 44.2 Å². The summed E-state index contributed by atoms with van der Waals surface area (Å²) in [5.74, 6) is -0.580. The largest absolute Gasteiger partial charge is 0.497 e. The van der Waals surface area contributed by atoms with Gasteiger partial charge in [-0.1, -0.05) is 36.2 Å². The first-order valence-electron chi connectivity index (χ1n) is 20.8. The van der Waals surface area contributed by atoms with Crippen LogP contribution in [-0.4, -0.2) is 98.1 Å². The normalized spacial score (nSPS) is 23.5. The second kappa shape index (κ2) is 21.0. The van der Waals surface area contributed by atoms with Crippen molar-refractivity contribution >= 4 is 23.6 Å². The Hall–Kier alpha value is -5.05. The van der Waals surface area contributed by atoms with Crippen LogP contribution in [0.25, 0.3) is 0 Å². The van der Waals surface area contributed by atoms with Gasteiger partial charge in [0.2, 0.25) is 5.79 Å². The summed E-state index contributed by atoms with van der Waals surface area (Å²) in [6.07, 6.45) is 9.34. The van der Waals surface area contributed by atoms with Crippen LogP contribution in [-0.2, 0) is 14.3 Å². The molecule has 5 rings (SSSR count). The summed E-state index contributed by atoms with van der Waals surface area (Å²) in [4.78, 5) is 35.0. The predicted octanol–water partition coefficient (Wildman–Crippen LogP) is 8.39. The average Bonchev–Trinajstić information content (AvgIpc) is 3.23. The summed E-state index contributed by atoms with van der Waals surface area (Å²) in [5.41, 5.74) is 2.11. The second-order valence-electron chi connectivity index (χ2n) is 16.4. The SMILES string of the molecule is C=CCCOC(=O)N(C)[C@H]1CC(=NOC(C)(C)C)C2=C[C@H](CCCCO)[C@@H](CCCCO)[C@@H]3c4cc(OC(=O)Nc5ccc(OC)cc5OC)ccc4O[C@@]1(OCC=C)[C@H]23. The highest BCUT2D eigenvalue weighted by molar-refractivity contribution is 6.03. The molecule has 1 aliphatic heterocycles. The number of likely N-dealkylation sites (N-methyl/N-ethyl adjacent to an activating group) is 1. The van der Waals surface area contributed by atoms with E-state index in [2.05, 4.69) is 24.6 Å². The van der Waals surface area contributed by atoms with Crippen LogP contribution in [0.2, 0.25) is 0 Å². The molecule has 0 saturated heterocycles. The molecule has 2 aromatic rings. The van der Waals surface area contributed by atoms with E-state index in [-0.39, 0.29) is 56.4 Å². The fourth-order valence-corrected chi connectivity index (χ4v) is 8.59. The zero-order chi connectivity index (χ0) is 43.5. The van der Waals surface area contributed by atoms with Crippen LogP contribution in [0.3, 0.4) is 0 Å². The number of carbonyl (C=O) groups excluding carboxylic acids is 2. The number of nitrogens with one attached hydrogen (secondary N) is 1. The van der Waals surface area contributed by atoms with Gasteiger partial charge < -0.3 is 48.4 Å². The number of unbranched alkanes of at least 4 members (excludes halogenated alkanes) is 2. The second-order valence-corrected chi connectivity index (χ2v) is 16.4. The highest BCUT2D eigenvalue weighted by Crippen LogP contribution is 2.62. The number of anilines is 1. The van der Waals surface area contributed by atoms with Gasteiger partial charge >= 0.3 is 12.2 Å². The van der Waals surface area contributed by atoms with Gasteiger partial charge in [-0.25, -0.2) is 9.59 Å². The molecule has 0 radical (unpaired) electrons. The summed E-state index contributed by atoms with van der Waals surface area (Å²) in [7, 11) is 4.72. The molecule has 2 aliphatic carbocycles. The Bertz CT molecular complexity index is 1870. The molecule has 2 aromatic carbocycles. The van der Waals surface area contributed by atoms with Gasteiger partial charge in [0.05, 0.1) is 44.8 Å². The van der Waals surface area contributed by atoms with Crippen molar-refractivity contribution in [1.29, 1.82) is 0 Å². The zero-order valence-electron chi connectivity index (χ0n) is 35.9. The van der Waals surface area contributed by atoms with Gasteiger partial charge in [-0.2, -0.15) is 0 Å². The number of carbonyl (C=O) groups is 2. The van der Waals surface area contributed by atoms with Gasteiger partial charge in [0.15, 0.2) is 0 Å². The third-order valence-corrected chi connectivity index (χ3v) is 11.2. The van der Waals surface area contributed by atoms with Crippen molar-refractivity contribution in [2.45, 2.75) is 95.5 Å². The van der Waals surface area contributed by atoms with Crippen LogP contribution in [0.1, 0.15) is 83.6 Å². The zero-order valence-corrected chi connectivity index (χ0v) is 35.9. The summed E-state index contributed by atoms with van der Waals surface area (Å²) >= 11 is 0. The van der Waals surface area contributed by atoms with Gasteiger partial charge in [-0.05, 0) is 101 Å². The first-order valence-corrected chi connectivity index (χ1v) is 20.8. The van der Waals surface area contributed by atoms with E-state index in [1.807, 2.05) is 26.8 Å². The highest BCUT2D eigenvalue weighted by atomic mass is 16.7. The van der Waals surface area contributed by atoms with Crippen LogP contribution in [0.4, 0.5) is 15.3 Å². The van der Waals surface area contributed by atoms with Crippen LogP contribution >= 0.6 is 0 Å². The summed E-state index contributed by atoms with van der Waals surface area (Å²) in [6.45, 7) is 13.9. The van der Waals surface area contributed by atoms with Crippen LogP contribution in [0, 0.1) is 17.8 Å². The smallest absolute Gasteiger partial charge is 0.417 e.